The quantitative estimate of drug-likeness (QED) is 0.414. The fourth-order valence-corrected chi connectivity index (χ4v) is 0.539. The highest BCUT2D eigenvalue weighted by Gasteiger charge is 2.18. The fraction of sp³-hybridized carbons (Fsp3) is 0.667. The van der Waals surface area contributed by atoms with Crippen LogP contribution in [0.25, 0.3) is 0 Å². The molecule has 0 saturated carbocycles. The second kappa shape index (κ2) is 2.41. The molecule has 0 saturated heterocycles. The van der Waals surface area contributed by atoms with Gasteiger partial charge in [0.25, 0.3) is 0 Å². The lowest BCUT2D eigenvalue weighted by molar-refractivity contribution is 0.709. The van der Waals surface area contributed by atoms with E-state index in [1.165, 1.54) is 0 Å². The molecule has 0 radical (unpaired) electrons. The lowest BCUT2D eigenvalue weighted by Crippen LogP contribution is -2.08. The van der Waals surface area contributed by atoms with Crippen molar-refractivity contribution >= 4 is 12.6 Å². The minimum atomic E-state index is -0.0677. The maximum absolute atomic E-state index is 4.18. The Morgan fingerprint density at radius 3 is 2.14 bits per heavy atom. The second-order valence-electron chi connectivity index (χ2n) is 2.10. The van der Waals surface area contributed by atoms with E-state index >= 15 is 0 Å². The Bertz CT molecular complexity index is 42.6. The first-order chi connectivity index (χ1) is 3.06. The first kappa shape index (κ1) is 7.09. The number of rotatable bonds is 2. The standard InChI is InChI=1S/C6H11S/c1-4-5-6(2,3)7/h1-2,4-5H2,3H3/q+1/p+1. The third-order valence-corrected chi connectivity index (χ3v) is 0.939. The number of thiol groups is 1. The summed E-state index contributed by atoms with van der Waals surface area (Å²) in [5.41, 5.74) is 0. The molecule has 0 aliphatic heterocycles. The molecule has 0 aromatic heterocycles. The Hall–Kier alpha value is 0.0900. The molecule has 0 aromatic rings. The summed E-state index contributed by atoms with van der Waals surface area (Å²) in [6, 6.07) is 0. The van der Waals surface area contributed by atoms with Gasteiger partial charge in [-0.3, -0.25) is 0 Å². The van der Waals surface area contributed by atoms with Crippen LogP contribution in [0.4, 0.5) is 0 Å². The summed E-state index contributed by atoms with van der Waals surface area (Å²) in [5, 5.41) is 0. The highest BCUT2D eigenvalue weighted by molar-refractivity contribution is 7.81. The van der Waals surface area contributed by atoms with E-state index in [4.69, 9.17) is 0 Å². The van der Waals surface area contributed by atoms with Crippen molar-refractivity contribution in [2.75, 3.05) is 0 Å². The first-order valence-corrected chi connectivity index (χ1v) is 2.88. The summed E-state index contributed by atoms with van der Waals surface area (Å²) in [6.07, 6.45) is 1.90. The van der Waals surface area contributed by atoms with E-state index in [1.54, 1.807) is 0 Å². The Labute approximate surface area is 51.7 Å². The van der Waals surface area contributed by atoms with Crippen molar-refractivity contribution in [1.82, 2.24) is 0 Å². The van der Waals surface area contributed by atoms with Gasteiger partial charge in [0, 0.05) is 6.42 Å². The van der Waals surface area contributed by atoms with Gasteiger partial charge in [-0.2, -0.15) is 0 Å². The van der Waals surface area contributed by atoms with Crippen LogP contribution in [-0.2, 0) is 0 Å². The van der Waals surface area contributed by atoms with Crippen LogP contribution in [0.5, 0.6) is 0 Å². The third kappa shape index (κ3) is 6.09. The van der Waals surface area contributed by atoms with E-state index in [0.717, 1.165) is 12.8 Å². The minimum absolute atomic E-state index is 0.0677. The zero-order valence-corrected chi connectivity index (χ0v) is 5.67. The van der Waals surface area contributed by atoms with Crippen molar-refractivity contribution in [1.29, 1.82) is 0 Å². The maximum Gasteiger partial charge on any atom is 0.149 e. The van der Waals surface area contributed by atoms with E-state index in [1.807, 2.05) is 6.92 Å². The molecule has 0 N–H and O–H groups in total. The molecule has 40 valence electrons. The van der Waals surface area contributed by atoms with Crippen molar-refractivity contribution < 1.29 is 0 Å². The van der Waals surface area contributed by atoms with E-state index in [9.17, 15) is 0 Å². The van der Waals surface area contributed by atoms with Gasteiger partial charge in [0.15, 0.2) is 0 Å². The molecule has 0 aliphatic carbocycles. The molecule has 7 heavy (non-hydrogen) atoms. The van der Waals surface area contributed by atoms with Crippen molar-refractivity contribution in [3.63, 3.8) is 0 Å². The van der Waals surface area contributed by atoms with Crippen molar-refractivity contribution in [3.05, 3.63) is 13.8 Å². The highest BCUT2D eigenvalue weighted by Crippen LogP contribution is 2.17. The molecular formula is C6H12S+2. The third-order valence-electron chi connectivity index (χ3n) is 0.715. The smallest absolute Gasteiger partial charge is 0.125 e. The molecule has 1 heteroatoms. The Morgan fingerprint density at radius 2 is 2.14 bits per heavy atom. The van der Waals surface area contributed by atoms with Crippen molar-refractivity contribution in [2.24, 2.45) is 0 Å². The van der Waals surface area contributed by atoms with Crippen LogP contribution in [0.2, 0.25) is 0 Å². The molecule has 0 nitrogen and oxygen atoms in total. The van der Waals surface area contributed by atoms with Gasteiger partial charge in [-0.25, -0.2) is 0 Å². The second-order valence-corrected chi connectivity index (χ2v) is 3.18. The molecule has 0 heterocycles. The SMILES string of the molecule is [CH2+]CCC([CH2+])(C)S. The number of hydrogen-bond acceptors (Lipinski definition) is 1. The molecule has 0 aliphatic rings. The van der Waals surface area contributed by atoms with E-state index in [2.05, 4.69) is 26.5 Å². The van der Waals surface area contributed by atoms with Crippen LogP contribution in [0, 0.1) is 13.8 Å². The van der Waals surface area contributed by atoms with E-state index in [0.29, 0.717) is 0 Å². The number of hydrogen-bond donors (Lipinski definition) is 1. The molecule has 0 spiro atoms. The van der Waals surface area contributed by atoms with Gasteiger partial charge in [0.05, 0.1) is 20.3 Å². The summed E-state index contributed by atoms with van der Waals surface area (Å²) in [6.45, 7) is 9.45. The lowest BCUT2D eigenvalue weighted by Gasteiger charge is -2.03. The Morgan fingerprint density at radius 1 is 1.71 bits per heavy atom. The van der Waals surface area contributed by atoms with E-state index in [-0.39, 0.29) is 4.75 Å². The topological polar surface area (TPSA) is 0 Å². The largest absolute Gasteiger partial charge is 0.149 e. The maximum atomic E-state index is 4.18. The minimum Gasteiger partial charge on any atom is -0.125 e. The Kier molecular flexibility index (Phi) is 2.44. The van der Waals surface area contributed by atoms with Crippen LogP contribution in [0.1, 0.15) is 19.8 Å². The molecule has 0 fully saturated rings. The average molecular weight is 116 g/mol. The van der Waals surface area contributed by atoms with Gasteiger partial charge in [0.2, 0.25) is 0 Å². The van der Waals surface area contributed by atoms with Gasteiger partial charge in [0.1, 0.15) is 4.75 Å². The van der Waals surface area contributed by atoms with Crippen LogP contribution >= 0.6 is 12.6 Å². The normalized spacial score (nSPS) is 18.6. The van der Waals surface area contributed by atoms with Gasteiger partial charge in [-0.15, -0.1) is 12.6 Å². The Balaban J connectivity index is 3.15. The predicted molar refractivity (Wildman–Crippen MR) is 37.3 cm³/mol. The summed E-state index contributed by atoms with van der Waals surface area (Å²) in [7, 11) is 0. The van der Waals surface area contributed by atoms with Crippen LogP contribution in [0.3, 0.4) is 0 Å². The molecule has 0 amide bonds. The predicted octanol–water partition coefficient (Wildman–Crippen LogP) is 2.12. The van der Waals surface area contributed by atoms with E-state index < -0.39 is 0 Å². The average Bonchev–Trinajstić information content (AvgIpc) is 1.30. The van der Waals surface area contributed by atoms with Gasteiger partial charge in [-0.05, 0) is 6.92 Å². The highest BCUT2D eigenvalue weighted by atomic mass is 32.1. The first-order valence-electron chi connectivity index (χ1n) is 2.43. The van der Waals surface area contributed by atoms with Crippen LogP contribution in [-0.4, -0.2) is 4.75 Å². The van der Waals surface area contributed by atoms with Crippen molar-refractivity contribution in [2.45, 2.75) is 24.5 Å². The van der Waals surface area contributed by atoms with Gasteiger partial charge in [-0.1, -0.05) is 0 Å². The molecule has 1 atom stereocenters. The summed E-state index contributed by atoms with van der Waals surface area (Å²) < 4.78 is -0.0677. The zero-order chi connectivity index (χ0) is 5.91. The molecule has 1 unspecified atom stereocenters. The van der Waals surface area contributed by atoms with Crippen LogP contribution in [0.15, 0.2) is 0 Å². The van der Waals surface area contributed by atoms with Crippen LogP contribution < -0.4 is 0 Å². The summed E-state index contributed by atoms with van der Waals surface area (Å²) >= 11 is 4.18. The molecular weight excluding hydrogens is 104 g/mol. The zero-order valence-electron chi connectivity index (χ0n) is 4.78. The summed E-state index contributed by atoms with van der Waals surface area (Å²) in [5.74, 6) is 0. The fourth-order valence-electron chi connectivity index (χ4n) is 0.381. The van der Waals surface area contributed by atoms with Gasteiger partial charge >= 0.3 is 0 Å². The molecule has 0 aromatic carbocycles. The molecule has 0 rings (SSSR count). The van der Waals surface area contributed by atoms with Crippen molar-refractivity contribution in [3.8, 4) is 0 Å². The summed E-state index contributed by atoms with van der Waals surface area (Å²) in [4.78, 5) is 0. The lowest BCUT2D eigenvalue weighted by atomic mass is 10.1. The monoisotopic (exact) mass is 116 g/mol. The molecule has 0 bridgehead atoms. The van der Waals surface area contributed by atoms with Gasteiger partial charge < -0.3 is 0 Å².